The Hall–Kier alpha value is -2.01. The van der Waals surface area contributed by atoms with Gasteiger partial charge in [0.1, 0.15) is 0 Å². The van der Waals surface area contributed by atoms with Crippen LogP contribution in [-0.4, -0.2) is 26.0 Å². The molecule has 0 aliphatic carbocycles. The van der Waals surface area contributed by atoms with Crippen molar-refractivity contribution in [3.8, 4) is 0 Å². The summed E-state index contributed by atoms with van der Waals surface area (Å²) in [6.07, 6.45) is 12.8. The van der Waals surface area contributed by atoms with Crippen LogP contribution in [0.3, 0.4) is 0 Å². The van der Waals surface area contributed by atoms with Crippen molar-refractivity contribution in [2.75, 3.05) is 6.54 Å². The molecule has 2 aromatic heterocycles. The molecule has 1 aliphatic heterocycles. The van der Waals surface area contributed by atoms with Crippen molar-refractivity contribution in [1.82, 2.24) is 19.4 Å². The van der Waals surface area contributed by atoms with E-state index in [0.717, 1.165) is 38.0 Å². The average Bonchev–Trinajstić information content (AvgIpc) is 3.30. The molecule has 1 aliphatic rings. The van der Waals surface area contributed by atoms with Crippen LogP contribution in [0.5, 0.6) is 0 Å². The van der Waals surface area contributed by atoms with E-state index >= 15 is 0 Å². The fourth-order valence-corrected chi connectivity index (χ4v) is 3.30. The highest BCUT2D eigenvalue weighted by Gasteiger charge is 2.27. The number of alkyl halides is 1. The molecular weight excluding hydrogens is 375 g/mol. The first-order valence-corrected chi connectivity index (χ1v) is 11.6. The van der Waals surface area contributed by atoms with Gasteiger partial charge in [-0.1, -0.05) is 60.1 Å². The molecule has 0 amide bonds. The molecule has 0 saturated carbocycles. The van der Waals surface area contributed by atoms with Gasteiger partial charge in [0.2, 0.25) is 0 Å². The summed E-state index contributed by atoms with van der Waals surface area (Å²) < 4.78 is 14.1. The Morgan fingerprint density at radius 2 is 1.87 bits per heavy atom. The van der Waals surface area contributed by atoms with Gasteiger partial charge in [-0.3, -0.25) is 9.88 Å². The maximum atomic E-state index is 12.7. The highest BCUT2D eigenvalue weighted by Crippen LogP contribution is 2.32. The quantitative estimate of drug-likeness (QED) is 0.468. The molecule has 0 spiro atoms. The molecule has 5 heteroatoms. The molecule has 0 radical (unpaired) electrons. The highest BCUT2D eigenvalue weighted by atomic mass is 19.1. The highest BCUT2D eigenvalue weighted by molar-refractivity contribution is 5.23. The van der Waals surface area contributed by atoms with E-state index in [4.69, 9.17) is 0 Å². The molecule has 0 unspecified atom stereocenters. The number of hydrogen-bond donors (Lipinski definition) is 0. The van der Waals surface area contributed by atoms with Gasteiger partial charge in [0.25, 0.3) is 0 Å². The van der Waals surface area contributed by atoms with E-state index in [1.54, 1.807) is 12.5 Å². The molecule has 1 saturated heterocycles. The molecule has 0 bridgehead atoms. The van der Waals surface area contributed by atoms with Gasteiger partial charge in [-0.2, -0.15) is 0 Å². The van der Waals surface area contributed by atoms with Crippen molar-refractivity contribution >= 4 is 0 Å². The van der Waals surface area contributed by atoms with Gasteiger partial charge in [0.15, 0.2) is 6.80 Å². The number of rotatable bonds is 6. The Morgan fingerprint density at radius 3 is 2.43 bits per heavy atom. The molecule has 0 N–H and O–H groups in total. The first-order chi connectivity index (χ1) is 14.7. The third-order valence-corrected chi connectivity index (χ3v) is 4.71. The second kappa shape index (κ2) is 17.8. The van der Waals surface area contributed by atoms with E-state index in [1.807, 2.05) is 46.0 Å². The molecule has 1 fully saturated rings. The van der Waals surface area contributed by atoms with Gasteiger partial charge in [0, 0.05) is 18.9 Å². The van der Waals surface area contributed by atoms with Crippen molar-refractivity contribution < 1.29 is 4.39 Å². The zero-order chi connectivity index (χ0) is 22.8. The Kier molecular flexibility index (Phi) is 16.6. The monoisotopic (exact) mass is 418 g/mol. The summed E-state index contributed by atoms with van der Waals surface area (Å²) in [6, 6.07) is 4.53. The summed E-state index contributed by atoms with van der Waals surface area (Å²) in [6.45, 7) is 17.0. The Bertz CT molecular complexity index is 669. The average molecular weight is 419 g/mol. The number of pyridine rings is 1. The number of hydrogen-bond acceptors (Lipinski definition) is 3. The number of aromatic nitrogens is 3. The van der Waals surface area contributed by atoms with Gasteiger partial charge >= 0.3 is 0 Å². The second-order valence-corrected chi connectivity index (χ2v) is 6.58. The Balaban J connectivity index is 0.000000924. The lowest BCUT2D eigenvalue weighted by molar-refractivity contribution is 0.135. The van der Waals surface area contributed by atoms with E-state index in [1.165, 1.54) is 28.7 Å². The molecule has 2 aromatic rings. The maximum Gasteiger partial charge on any atom is 0.166 e. The number of piperidine rings is 1. The predicted molar refractivity (Wildman–Crippen MR) is 127 cm³/mol. The third kappa shape index (κ3) is 9.21. The molecule has 3 heterocycles. The predicted octanol–water partition coefficient (Wildman–Crippen LogP) is 7.13. The first kappa shape index (κ1) is 28.0. The number of nitrogens with zero attached hydrogens (tertiary/aromatic N) is 4. The van der Waals surface area contributed by atoms with Crippen molar-refractivity contribution in [1.29, 1.82) is 0 Å². The molecule has 4 nitrogen and oxygen atoms in total. The standard InChI is InChI=1S/C17H23FN4.C4H8.2C2H6/c1-2-14-6-5-8-19-17(14)16-7-3-4-9-22(16)11-15-10-21(12-18)13-20-15;1-3-4-2;2*1-2/h5-6,8,10,13,16H,2-4,7,9,11-12H2,1H3;3H,1,4H2,2H3;2*1-2H3/t16-;;;/m1.../s1. The largest absolute Gasteiger partial charge is 0.309 e. The lowest BCUT2D eigenvalue weighted by Gasteiger charge is -2.35. The van der Waals surface area contributed by atoms with Gasteiger partial charge in [0.05, 0.1) is 23.8 Å². The van der Waals surface area contributed by atoms with Crippen molar-refractivity contribution in [2.24, 2.45) is 0 Å². The second-order valence-electron chi connectivity index (χ2n) is 6.58. The van der Waals surface area contributed by atoms with E-state index in [9.17, 15) is 4.39 Å². The van der Waals surface area contributed by atoms with Crippen LogP contribution in [0.1, 0.15) is 90.2 Å². The maximum absolute atomic E-state index is 12.7. The van der Waals surface area contributed by atoms with E-state index in [-0.39, 0.29) is 0 Å². The molecule has 0 aromatic carbocycles. The normalized spacial score (nSPS) is 15.5. The summed E-state index contributed by atoms with van der Waals surface area (Å²) >= 11 is 0. The van der Waals surface area contributed by atoms with Crippen LogP contribution in [0, 0.1) is 0 Å². The molecule has 170 valence electrons. The lowest BCUT2D eigenvalue weighted by Crippen LogP contribution is -2.34. The van der Waals surface area contributed by atoms with E-state index < -0.39 is 6.80 Å². The van der Waals surface area contributed by atoms with Crippen LogP contribution in [-0.2, 0) is 19.8 Å². The zero-order valence-corrected chi connectivity index (χ0v) is 20.1. The van der Waals surface area contributed by atoms with E-state index in [0.29, 0.717) is 6.04 Å². The van der Waals surface area contributed by atoms with Crippen LogP contribution in [0.25, 0.3) is 0 Å². The minimum absolute atomic E-state index is 0.348. The van der Waals surface area contributed by atoms with Crippen LogP contribution in [0.15, 0.2) is 43.5 Å². The van der Waals surface area contributed by atoms with Gasteiger partial charge in [-0.25, -0.2) is 9.37 Å². The van der Waals surface area contributed by atoms with Gasteiger partial charge < -0.3 is 4.57 Å². The van der Waals surface area contributed by atoms with Crippen molar-refractivity contribution in [2.45, 2.75) is 93.0 Å². The summed E-state index contributed by atoms with van der Waals surface area (Å²) in [5.74, 6) is 0. The van der Waals surface area contributed by atoms with Gasteiger partial charge in [-0.05, 0) is 43.9 Å². The zero-order valence-electron chi connectivity index (χ0n) is 20.1. The Labute approximate surface area is 184 Å². The lowest BCUT2D eigenvalue weighted by atomic mass is 9.95. The number of imidazole rings is 1. The topological polar surface area (TPSA) is 34.0 Å². The van der Waals surface area contributed by atoms with Crippen molar-refractivity contribution in [3.05, 3.63) is 60.5 Å². The minimum atomic E-state index is -0.517. The fraction of sp³-hybridized carbons (Fsp3) is 0.600. The fourth-order valence-electron chi connectivity index (χ4n) is 3.30. The van der Waals surface area contributed by atoms with Gasteiger partial charge in [-0.15, -0.1) is 6.58 Å². The van der Waals surface area contributed by atoms with Crippen LogP contribution >= 0.6 is 0 Å². The SMILES string of the molecule is C=CCC.CC.CC.CCc1cccnc1[C@H]1CCCCN1Cc1cn(CF)cn1. The minimum Gasteiger partial charge on any atom is -0.309 e. The summed E-state index contributed by atoms with van der Waals surface area (Å²) in [5.41, 5.74) is 3.46. The number of halogens is 1. The molecular formula is C25H43FN4. The summed E-state index contributed by atoms with van der Waals surface area (Å²) in [5, 5.41) is 0. The van der Waals surface area contributed by atoms with E-state index in [2.05, 4.69) is 41.4 Å². The molecule has 1 atom stereocenters. The summed E-state index contributed by atoms with van der Waals surface area (Å²) in [7, 11) is 0. The Morgan fingerprint density at radius 1 is 1.17 bits per heavy atom. The molecule has 3 rings (SSSR count). The number of aryl methyl sites for hydroxylation is 1. The third-order valence-electron chi connectivity index (χ3n) is 4.71. The van der Waals surface area contributed by atoms with Crippen LogP contribution in [0.4, 0.5) is 4.39 Å². The molecule has 30 heavy (non-hydrogen) atoms. The van der Waals surface area contributed by atoms with Crippen LogP contribution in [0.2, 0.25) is 0 Å². The first-order valence-electron chi connectivity index (χ1n) is 11.6. The summed E-state index contributed by atoms with van der Waals surface area (Å²) in [4.78, 5) is 11.4. The smallest absolute Gasteiger partial charge is 0.166 e. The number of likely N-dealkylation sites (tertiary alicyclic amines) is 1. The van der Waals surface area contributed by atoms with Crippen molar-refractivity contribution in [3.63, 3.8) is 0 Å². The van der Waals surface area contributed by atoms with Crippen LogP contribution < -0.4 is 0 Å². The number of allylic oxidation sites excluding steroid dienone is 1.